The second-order valence-electron chi connectivity index (χ2n) is 3.38. The van der Waals surface area contributed by atoms with Crippen LogP contribution in [0.2, 0.25) is 0 Å². The van der Waals surface area contributed by atoms with E-state index in [2.05, 4.69) is 21.2 Å². The Bertz CT molecular complexity index is 378. The number of benzene rings is 1. The maximum Gasteiger partial charge on any atom is 0.326 e. The molecule has 3 nitrogen and oxygen atoms in total. The molecule has 2 N–H and O–H groups in total. The summed E-state index contributed by atoms with van der Waals surface area (Å²) in [6, 6.07) is 5.41. The first-order valence-corrected chi connectivity index (χ1v) is 5.24. The third-order valence-electron chi connectivity index (χ3n) is 2.40. The Balaban J connectivity index is 2.27. The van der Waals surface area contributed by atoms with E-state index in [1.165, 1.54) is 5.56 Å². The van der Waals surface area contributed by atoms with Crippen molar-refractivity contribution in [2.45, 2.75) is 18.9 Å². The molecule has 1 aromatic carbocycles. The maximum absolute atomic E-state index is 10.8. The zero-order valence-corrected chi connectivity index (χ0v) is 9.04. The molecule has 0 saturated heterocycles. The highest BCUT2D eigenvalue weighted by molar-refractivity contribution is 9.10. The van der Waals surface area contributed by atoms with Crippen molar-refractivity contribution in [3.05, 3.63) is 28.2 Å². The van der Waals surface area contributed by atoms with E-state index >= 15 is 0 Å². The van der Waals surface area contributed by atoms with E-state index < -0.39 is 12.0 Å². The number of carbonyl (C=O) groups is 1. The number of hydrogen-bond donors (Lipinski definition) is 2. The van der Waals surface area contributed by atoms with Crippen LogP contribution >= 0.6 is 15.9 Å². The van der Waals surface area contributed by atoms with Crippen LogP contribution in [0.5, 0.6) is 0 Å². The number of fused-ring (bicyclic) bond motifs is 1. The van der Waals surface area contributed by atoms with Crippen molar-refractivity contribution in [3.8, 4) is 0 Å². The molecule has 2 rings (SSSR count). The van der Waals surface area contributed by atoms with Gasteiger partial charge in [0.05, 0.1) is 0 Å². The second-order valence-corrected chi connectivity index (χ2v) is 4.29. The minimum atomic E-state index is -0.779. The summed E-state index contributed by atoms with van der Waals surface area (Å²) in [5.41, 5.74) is 2.11. The molecule has 0 fully saturated rings. The molecule has 1 aliphatic rings. The van der Waals surface area contributed by atoms with E-state index in [9.17, 15) is 4.79 Å². The molecule has 1 unspecified atom stereocenters. The first kappa shape index (κ1) is 9.52. The molecule has 1 atom stereocenters. The number of halogens is 1. The van der Waals surface area contributed by atoms with Gasteiger partial charge < -0.3 is 10.4 Å². The average molecular weight is 256 g/mol. The van der Waals surface area contributed by atoms with Crippen LogP contribution in [0.4, 0.5) is 5.69 Å². The predicted molar refractivity (Wildman–Crippen MR) is 57.5 cm³/mol. The highest BCUT2D eigenvalue weighted by atomic mass is 79.9. The zero-order valence-electron chi connectivity index (χ0n) is 7.46. The summed E-state index contributed by atoms with van der Waals surface area (Å²) in [5.74, 6) is -0.779. The highest BCUT2D eigenvalue weighted by Gasteiger charge is 2.22. The number of anilines is 1. The molecule has 1 aromatic rings. The fourth-order valence-corrected chi connectivity index (χ4v) is 2.06. The van der Waals surface area contributed by atoms with Gasteiger partial charge >= 0.3 is 5.97 Å². The summed E-state index contributed by atoms with van der Waals surface area (Å²) >= 11 is 3.39. The lowest BCUT2D eigenvalue weighted by Gasteiger charge is -2.23. The van der Waals surface area contributed by atoms with Crippen LogP contribution in [0, 0.1) is 0 Å². The van der Waals surface area contributed by atoms with Crippen molar-refractivity contribution in [3.63, 3.8) is 0 Å². The number of nitrogens with one attached hydrogen (secondary N) is 1. The number of aryl methyl sites for hydroxylation is 1. The van der Waals surface area contributed by atoms with Crippen molar-refractivity contribution in [1.82, 2.24) is 0 Å². The molecule has 0 aliphatic carbocycles. The quantitative estimate of drug-likeness (QED) is 0.810. The molecular formula is C10H10BrNO2. The molecule has 1 heterocycles. The lowest BCUT2D eigenvalue weighted by Crippen LogP contribution is -2.33. The van der Waals surface area contributed by atoms with Gasteiger partial charge in [-0.25, -0.2) is 4.79 Å². The topological polar surface area (TPSA) is 49.3 Å². The molecule has 4 heteroatoms. The summed E-state index contributed by atoms with van der Waals surface area (Å²) in [6.07, 6.45) is 1.47. The minimum absolute atomic E-state index is 0.441. The van der Waals surface area contributed by atoms with Crippen molar-refractivity contribution in [1.29, 1.82) is 0 Å². The van der Waals surface area contributed by atoms with Crippen molar-refractivity contribution >= 4 is 27.6 Å². The molecule has 0 amide bonds. The Kier molecular flexibility index (Phi) is 2.46. The maximum atomic E-state index is 10.8. The predicted octanol–water partition coefficient (Wildman–Crippen LogP) is 2.26. The number of aliphatic carboxylic acids is 1. The average Bonchev–Trinajstić information content (AvgIpc) is 2.16. The number of hydrogen-bond acceptors (Lipinski definition) is 2. The van der Waals surface area contributed by atoms with Crippen molar-refractivity contribution in [2.75, 3.05) is 5.32 Å². The highest BCUT2D eigenvalue weighted by Crippen LogP contribution is 2.27. The zero-order chi connectivity index (χ0) is 10.1. The molecule has 0 aromatic heterocycles. The van der Waals surface area contributed by atoms with E-state index in [0.717, 1.165) is 16.6 Å². The number of rotatable bonds is 1. The third-order valence-corrected chi connectivity index (χ3v) is 2.89. The molecule has 0 saturated carbocycles. The second kappa shape index (κ2) is 3.61. The monoisotopic (exact) mass is 255 g/mol. The fourth-order valence-electron chi connectivity index (χ4n) is 1.65. The van der Waals surface area contributed by atoms with Crippen LogP contribution in [0.15, 0.2) is 22.7 Å². The van der Waals surface area contributed by atoms with Gasteiger partial charge in [0.2, 0.25) is 0 Å². The first-order chi connectivity index (χ1) is 6.66. The SMILES string of the molecule is O=C(O)C1CCc2cc(Br)ccc2N1. The number of carboxylic acid groups (broad SMARTS) is 1. The first-order valence-electron chi connectivity index (χ1n) is 4.44. The smallest absolute Gasteiger partial charge is 0.326 e. The Morgan fingerprint density at radius 1 is 1.57 bits per heavy atom. The Hall–Kier alpha value is -1.03. The third kappa shape index (κ3) is 1.75. The molecule has 0 radical (unpaired) electrons. The molecule has 74 valence electrons. The molecule has 14 heavy (non-hydrogen) atoms. The van der Waals surface area contributed by atoms with E-state index in [1.54, 1.807) is 0 Å². The van der Waals surface area contributed by atoms with E-state index in [1.807, 2.05) is 18.2 Å². The Morgan fingerprint density at radius 3 is 3.07 bits per heavy atom. The van der Waals surface area contributed by atoms with E-state index in [4.69, 9.17) is 5.11 Å². The molecule has 1 aliphatic heterocycles. The standard InChI is InChI=1S/C10H10BrNO2/c11-7-2-4-8-6(5-7)1-3-9(12-8)10(13)14/h2,4-5,9,12H,1,3H2,(H,13,14). The van der Waals surface area contributed by atoms with Gasteiger partial charge in [0.25, 0.3) is 0 Å². The van der Waals surface area contributed by atoms with E-state index in [0.29, 0.717) is 6.42 Å². The Morgan fingerprint density at radius 2 is 2.36 bits per heavy atom. The van der Waals surface area contributed by atoms with Gasteiger partial charge in [-0.15, -0.1) is 0 Å². The van der Waals surface area contributed by atoms with Crippen molar-refractivity contribution < 1.29 is 9.90 Å². The summed E-state index contributed by atoms with van der Waals surface area (Å²) in [5, 5.41) is 11.8. The van der Waals surface area contributed by atoms with Gasteiger partial charge in [-0.05, 0) is 36.6 Å². The summed E-state index contributed by atoms with van der Waals surface area (Å²) < 4.78 is 1.03. The van der Waals surface area contributed by atoms with Crippen LogP contribution in [0.1, 0.15) is 12.0 Å². The Labute approximate surface area is 90.3 Å². The minimum Gasteiger partial charge on any atom is -0.480 e. The number of carboxylic acids is 1. The largest absolute Gasteiger partial charge is 0.480 e. The van der Waals surface area contributed by atoms with Gasteiger partial charge in [-0.3, -0.25) is 0 Å². The summed E-state index contributed by atoms with van der Waals surface area (Å²) in [7, 11) is 0. The lowest BCUT2D eigenvalue weighted by molar-refractivity contribution is -0.138. The summed E-state index contributed by atoms with van der Waals surface area (Å²) in [4.78, 5) is 10.8. The summed E-state index contributed by atoms with van der Waals surface area (Å²) in [6.45, 7) is 0. The van der Waals surface area contributed by atoms with Crippen molar-refractivity contribution in [2.24, 2.45) is 0 Å². The fraction of sp³-hybridized carbons (Fsp3) is 0.300. The van der Waals surface area contributed by atoms with Gasteiger partial charge in [0.1, 0.15) is 6.04 Å². The molecular weight excluding hydrogens is 246 g/mol. The normalized spacial score (nSPS) is 19.6. The van der Waals surface area contributed by atoms with Crippen LogP contribution in [0.3, 0.4) is 0 Å². The van der Waals surface area contributed by atoms with Gasteiger partial charge in [0.15, 0.2) is 0 Å². The van der Waals surface area contributed by atoms with Gasteiger partial charge in [-0.1, -0.05) is 15.9 Å². The van der Waals surface area contributed by atoms with Gasteiger partial charge in [0, 0.05) is 10.2 Å². The van der Waals surface area contributed by atoms with E-state index in [-0.39, 0.29) is 0 Å². The molecule has 0 bridgehead atoms. The van der Waals surface area contributed by atoms with Crippen LogP contribution < -0.4 is 5.32 Å². The van der Waals surface area contributed by atoms with Crippen LogP contribution in [0.25, 0.3) is 0 Å². The molecule has 0 spiro atoms. The van der Waals surface area contributed by atoms with Crippen LogP contribution in [-0.2, 0) is 11.2 Å². The van der Waals surface area contributed by atoms with Gasteiger partial charge in [-0.2, -0.15) is 0 Å². The lowest BCUT2D eigenvalue weighted by atomic mass is 9.98. The van der Waals surface area contributed by atoms with Crippen LogP contribution in [-0.4, -0.2) is 17.1 Å².